The van der Waals surface area contributed by atoms with Crippen molar-refractivity contribution in [2.45, 2.75) is 13.2 Å². The van der Waals surface area contributed by atoms with Crippen LogP contribution in [0.25, 0.3) is 0 Å². The van der Waals surface area contributed by atoms with Crippen molar-refractivity contribution < 1.29 is 32.6 Å². The second kappa shape index (κ2) is 10.3. The highest BCUT2D eigenvalue weighted by molar-refractivity contribution is 6.42. The molecule has 0 spiro atoms. The molecule has 0 atom stereocenters. The standard InChI is InChI=1S/C19H17Cl2F2NO5/c1-24(9-11-3-5-13(20)14(21)7-11)17(25)10-28-18(26)12-4-6-15(29-19(22)23)16(8-12)27-2/h3-8,19H,9-10H2,1-2H3. The quantitative estimate of drug-likeness (QED) is 0.560. The van der Waals surface area contributed by atoms with Crippen molar-refractivity contribution in [2.24, 2.45) is 0 Å². The topological polar surface area (TPSA) is 65.1 Å². The van der Waals surface area contributed by atoms with Gasteiger partial charge in [-0.15, -0.1) is 0 Å². The van der Waals surface area contributed by atoms with E-state index in [2.05, 4.69) is 4.74 Å². The number of methoxy groups -OCH3 is 1. The number of halogens is 4. The van der Waals surface area contributed by atoms with Crippen LogP contribution in [-0.4, -0.2) is 44.2 Å². The Morgan fingerprint density at radius 2 is 1.79 bits per heavy atom. The van der Waals surface area contributed by atoms with Crippen LogP contribution in [0.2, 0.25) is 10.0 Å². The first kappa shape index (κ1) is 22.7. The SMILES string of the molecule is COc1cc(C(=O)OCC(=O)N(C)Cc2ccc(Cl)c(Cl)c2)ccc1OC(F)F. The summed E-state index contributed by atoms with van der Waals surface area (Å²) in [5, 5.41) is 0.767. The Morgan fingerprint density at radius 3 is 2.41 bits per heavy atom. The third-order valence-corrected chi connectivity index (χ3v) is 4.51. The summed E-state index contributed by atoms with van der Waals surface area (Å²) in [7, 11) is 2.78. The highest BCUT2D eigenvalue weighted by atomic mass is 35.5. The zero-order valence-electron chi connectivity index (χ0n) is 15.5. The summed E-state index contributed by atoms with van der Waals surface area (Å²) < 4.78 is 38.9. The van der Waals surface area contributed by atoms with E-state index in [1.165, 1.54) is 31.2 Å². The van der Waals surface area contributed by atoms with Crippen molar-refractivity contribution in [1.82, 2.24) is 4.90 Å². The fourth-order valence-electron chi connectivity index (χ4n) is 2.31. The molecule has 156 valence electrons. The summed E-state index contributed by atoms with van der Waals surface area (Å²) in [6, 6.07) is 8.54. The van der Waals surface area contributed by atoms with E-state index in [-0.39, 0.29) is 23.6 Å². The lowest BCUT2D eigenvalue weighted by atomic mass is 10.2. The summed E-state index contributed by atoms with van der Waals surface area (Å²) in [6.07, 6.45) is 0. The number of benzene rings is 2. The number of ether oxygens (including phenoxy) is 3. The molecule has 0 unspecified atom stereocenters. The zero-order chi connectivity index (χ0) is 21.6. The molecule has 2 aromatic rings. The molecule has 0 aliphatic heterocycles. The molecule has 0 saturated carbocycles. The first-order valence-corrected chi connectivity index (χ1v) is 8.94. The van der Waals surface area contributed by atoms with Gasteiger partial charge in [0, 0.05) is 13.6 Å². The molecule has 0 radical (unpaired) electrons. The van der Waals surface area contributed by atoms with Crippen LogP contribution in [0, 0.1) is 0 Å². The number of esters is 1. The van der Waals surface area contributed by atoms with Gasteiger partial charge in [0.1, 0.15) is 0 Å². The Hall–Kier alpha value is -2.58. The maximum Gasteiger partial charge on any atom is 0.387 e. The van der Waals surface area contributed by atoms with Gasteiger partial charge in [0.05, 0.1) is 22.7 Å². The van der Waals surface area contributed by atoms with Gasteiger partial charge in [-0.3, -0.25) is 4.79 Å². The summed E-state index contributed by atoms with van der Waals surface area (Å²) in [4.78, 5) is 25.7. The second-order valence-electron chi connectivity index (χ2n) is 5.82. The van der Waals surface area contributed by atoms with E-state index in [0.717, 1.165) is 11.6 Å². The van der Waals surface area contributed by atoms with Gasteiger partial charge in [-0.05, 0) is 35.9 Å². The molecule has 0 saturated heterocycles. The van der Waals surface area contributed by atoms with E-state index in [1.807, 2.05) is 0 Å². The highest BCUT2D eigenvalue weighted by Crippen LogP contribution is 2.29. The smallest absolute Gasteiger partial charge is 0.387 e. The molecule has 0 N–H and O–H groups in total. The first-order chi connectivity index (χ1) is 13.7. The Morgan fingerprint density at radius 1 is 1.07 bits per heavy atom. The predicted octanol–water partition coefficient (Wildman–Crippen LogP) is 4.42. The summed E-state index contributed by atoms with van der Waals surface area (Å²) in [5.41, 5.74) is 0.768. The molecule has 2 rings (SSSR count). The molecule has 6 nitrogen and oxygen atoms in total. The fourth-order valence-corrected chi connectivity index (χ4v) is 2.63. The second-order valence-corrected chi connectivity index (χ2v) is 6.63. The van der Waals surface area contributed by atoms with Gasteiger partial charge in [-0.25, -0.2) is 4.79 Å². The molecule has 0 fully saturated rings. The number of rotatable bonds is 8. The number of hydrogen-bond acceptors (Lipinski definition) is 5. The van der Waals surface area contributed by atoms with Gasteiger partial charge in [0.2, 0.25) is 0 Å². The van der Waals surface area contributed by atoms with Gasteiger partial charge in [0.15, 0.2) is 18.1 Å². The number of hydrogen-bond donors (Lipinski definition) is 0. The Balaban J connectivity index is 1.95. The van der Waals surface area contributed by atoms with Gasteiger partial charge in [-0.1, -0.05) is 29.3 Å². The lowest BCUT2D eigenvalue weighted by molar-refractivity contribution is -0.133. The normalized spacial score (nSPS) is 10.6. The monoisotopic (exact) mass is 447 g/mol. The summed E-state index contributed by atoms with van der Waals surface area (Å²) in [6.45, 7) is -3.31. The van der Waals surface area contributed by atoms with E-state index >= 15 is 0 Å². The third-order valence-electron chi connectivity index (χ3n) is 3.77. The van der Waals surface area contributed by atoms with Crippen LogP contribution in [0.3, 0.4) is 0 Å². The molecule has 10 heteroatoms. The van der Waals surface area contributed by atoms with Crippen molar-refractivity contribution in [2.75, 3.05) is 20.8 Å². The van der Waals surface area contributed by atoms with Crippen molar-refractivity contribution in [3.8, 4) is 11.5 Å². The number of alkyl halides is 2. The number of carbonyl (C=O) groups is 2. The molecule has 29 heavy (non-hydrogen) atoms. The minimum absolute atomic E-state index is 0.0170. The van der Waals surface area contributed by atoms with E-state index in [1.54, 1.807) is 18.2 Å². The van der Waals surface area contributed by atoms with E-state index in [9.17, 15) is 18.4 Å². The van der Waals surface area contributed by atoms with Crippen LogP contribution < -0.4 is 9.47 Å². The van der Waals surface area contributed by atoms with Gasteiger partial charge in [-0.2, -0.15) is 8.78 Å². The molecule has 0 heterocycles. The number of likely N-dealkylation sites (N-methyl/N-ethyl adjacent to an activating group) is 1. The summed E-state index contributed by atoms with van der Waals surface area (Å²) >= 11 is 11.8. The van der Waals surface area contributed by atoms with Crippen LogP contribution in [-0.2, 0) is 16.1 Å². The van der Waals surface area contributed by atoms with Crippen LogP contribution >= 0.6 is 23.2 Å². The molecule has 0 aliphatic rings. The van der Waals surface area contributed by atoms with Crippen LogP contribution in [0.15, 0.2) is 36.4 Å². The Labute approximate surface area is 175 Å². The number of carbonyl (C=O) groups excluding carboxylic acids is 2. The van der Waals surface area contributed by atoms with Crippen molar-refractivity contribution in [1.29, 1.82) is 0 Å². The average molecular weight is 448 g/mol. The molecule has 0 aliphatic carbocycles. The Bertz CT molecular complexity index is 895. The largest absolute Gasteiger partial charge is 0.493 e. The maximum atomic E-state index is 12.4. The molecular formula is C19H17Cl2F2NO5. The minimum Gasteiger partial charge on any atom is -0.493 e. The predicted molar refractivity (Wildman–Crippen MR) is 103 cm³/mol. The van der Waals surface area contributed by atoms with Crippen molar-refractivity contribution in [3.63, 3.8) is 0 Å². The average Bonchev–Trinajstić information content (AvgIpc) is 2.68. The van der Waals surface area contributed by atoms with Gasteiger partial charge < -0.3 is 19.1 Å². The van der Waals surface area contributed by atoms with Crippen LogP contribution in [0.1, 0.15) is 15.9 Å². The van der Waals surface area contributed by atoms with E-state index in [0.29, 0.717) is 10.0 Å². The first-order valence-electron chi connectivity index (χ1n) is 8.19. The zero-order valence-corrected chi connectivity index (χ0v) is 17.0. The molecule has 2 aromatic carbocycles. The fraction of sp³-hybridized carbons (Fsp3) is 0.263. The maximum absolute atomic E-state index is 12.4. The minimum atomic E-state index is -3.04. The van der Waals surface area contributed by atoms with Crippen molar-refractivity contribution in [3.05, 3.63) is 57.6 Å². The third kappa shape index (κ3) is 6.47. The molecule has 1 amide bonds. The van der Waals surface area contributed by atoms with Crippen LogP contribution in [0.4, 0.5) is 8.78 Å². The lowest BCUT2D eigenvalue weighted by Crippen LogP contribution is -2.30. The van der Waals surface area contributed by atoms with Gasteiger partial charge >= 0.3 is 12.6 Å². The molecule has 0 aromatic heterocycles. The lowest BCUT2D eigenvalue weighted by Gasteiger charge is -2.17. The van der Waals surface area contributed by atoms with Gasteiger partial charge in [0.25, 0.3) is 5.91 Å². The molecule has 0 bridgehead atoms. The van der Waals surface area contributed by atoms with E-state index < -0.39 is 25.1 Å². The molecular weight excluding hydrogens is 431 g/mol. The van der Waals surface area contributed by atoms with E-state index in [4.69, 9.17) is 32.7 Å². The number of nitrogens with zero attached hydrogens (tertiary/aromatic N) is 1. The number of amides is 1. The van der Waals surface area contributed by atoms with Crippen LogP contribution in [0.5, 0.6) is 11.5 Å². The summed E-state index contributed by atoms with van der Waals surface area (Å²) in [5.74, 6) is -1.56. The Kier molecular flexibility index (Phi) is 8.04. The highest BCUT2D eigenvalue weighted by Gasteiger charge is 2.17. The van der Waals surface area contributed by atoms with Crippen molar-refractivity contribution >= 4 is 35.1 Å².